The second-order valence-electron chi connectivity index (χ2n) is 16.2. The first-order valence-electron chi connectivity index (χ1n) is 21.8. The number of ether oxygens (including phenoxy) is 1. The number of hydrogen-bond acceptors (Lipinski definition) is 21. The number of aromatic nitrogens is 4. The molecule has 2 amide bonds. The van der Waals surface area contributed by atoms with Crippen LogP contribution in [-0.4, -0.2) is 108 Å². The number of fused-ring (bicyclic) bond motifs is 1. The molecule has 27 nitrogen and oxygen atoms in total. The van der Waals surface area contributed by atoms with Crippen LogP contribution in [0.2, 0.25) is 0 Å². The minimum Gasteiger partial charge on any atom is -0.756 e. The van der Waals surface area contributed by atoms with Gasteiger partial charge in [0.05, 0.1) is 19.5 Å². The predicted molar refractivity (Wildman–Crippen MR) is 258 cm³/mol. The van der Waals surface area contributed by atoms with Crippen molar-refractivity contribution in [3.8, 4) is 0 Å². The third kappa shape index (κ3) is 24.6. The monoisotopic (exact) mass is 1080 g/mol. The molecular formula is C39H75N10O17P3S. The van der Waals surface area contributed by atoms with Gasteiger partial charge < -0.3 is 82.9 Å². The molecule has 19 N–H and O–H groups in total. The normalized spacial score (nSPS) is 20.1. The molecule has 3 unspecified atom stereocenters. The fourth-order valence-electron chi connectivity index (χ4n) is 6.43. The Hall–Kier alpha value is -3.08. The number of carbonyl (C=O) groups excluding carboxylic acids is 3. The highest BCUT2D eigenvalue weighted by Crippen LogP contribution is 2.56. The van der Waals surface area contributed by atoms with Gasteiger partial charge in [-0.2, -0.15) is 0 Å². The molecule has 3 heterocycles. The van der Waals surface area contributed by atoms with E-state index in [0.29, 0.717) is 12.2 Å². The number of rotatable bonds is 33. The van der Waals surface area contributed by atoms with Gasteiger partial charge in [0.15, 0.2) is 22.8 Å². The van der Waals surface area contributed by atoms with E-state index in [1.165, 1.54) is 33.1 Å². The van der Waals surface area contributed by atoms with Crippen LogP contribution in [0.15, 0.2) is 37.0 Å². The van der Waals surface area contributed by atoms with Gasteiger partial charge in [0.2, 0.25) is 11.8 Å². The lowest BCUT2D eigenvalue weighted by atomic mass is 9.87. The van der Waals surface area contributed by atoms with Gasteiger partial charge in [0.25, 0.3) is 23.5 Å². The summed E-state index contributed by atoms with van der Waals surface area (Å²) in [5.41, 5.74) is 4.13. The van der Waals surface area contributed by atoms with E-state index in [9.17, 15) is 57.9 Å². The number of allylic oxidation sites excluding steroid dienone is 4. The smallest absolute Gasteiger partial charge is 0.274 e. The van der Waals surface area contributed by atoms with Crippen LogP contribution in [0.4, 0.5) is 5.82 Å². The Labute approximate surface area is 412 Å². The first-order valence-corrected chi connectivity index (χ1v) is 27.3. The predicted octanol–water partition coefficient (Wildman–Crippen LogP) is 3.71. The van der Waals surface area contributed by atoms with Gasteiger partial charge in [0.1, 0.15) is 36.3 Å². The van der Waals surface area contributed by atoms with Gasteiger partial charge in [-0.15, -0.1) is 0 Å². The molecule has 0 aliphatic carbocycles. The third-order valence-corrected chi connectivity index (χ3v) is 14.0. The van der Waals surface area contributed by atoms with Crippen LogP contribution < -0.4 is 49.5 Å². The Kier molecular flexibility index (Phi) is 31.4. The molecule has 404 valence electrons. The van der Waals surface area contributed by atoms with Gasteiger partial charge in [0, 0.05) is 37.1 Å². The van der Waals surface area contributed by atoms with Crippen LogP contribution in [0.5, 0.6) is 0 Å². The summed E-state index contributed by atoms with van der Waals surface area (Å²) in [5, 5.41) is 26.5. The van der Waals surface area contributed by atoms with E-state index in [4.69, 9.17) is 10.5 Å². The van der Waals surface area contributed by atoms with Crippen molar-refractivity contribution in [2.45, 2.75) is 135 Å². The highest BCUT2D eigenvalue weighted by Gasteiger charge is 2.48. The lowest BCUT2D eigenvalue weighted by Crippen LogP contribution is -2.46. The molecule has 1 aliphatic rings. The average molecular weight is 1080 g/mol. The number of aliphatic hydroxyl groups is 2. The summed E-state index contributed by atoms with van der Waals surface area (Å²) in [4.78, 5) is 94.8. The van der Waals surface area contributed by atoms with E-state index < -0.39 is 84.6 Å². The molecule has 0 aromatic carbocycles. The number of nitrogens with two attached hydrogens (primary N) is 1. The molecular weight excluding hydrogens is 1010 g/mol. The highest BCUT2D eigenvalue weighted by atomic mass is 32.2. The molecule has 1 saturated heterocycles. The number of carbonyl (C=O) groups is 3. The van der Waals surface area contributed by atoms with Crippen LogP contribution in [0.25, 0.3) is 11.2 Å². The number of hydrogen-bond donors (Lipinski definition) is 9. The van der Waals surface area contributed by atoms with E-state index in [1.807, 2.05) is 0 Å². The number of unbranched alkanes of at least 4 members (excludes halogenated alkanes) is 8. The maximum Gasteiger partial charge on any atom is 0.274 e. The molecule has 0 saturated carbocycles. The summed E-state index contributed by atoms with van der Waals surface area (Å²) in [6, 6.07) is 0. The highest BCUT2D eigenvalue weighted by molar-refractivity contribution is 8.13. The summed E-state index contributed by atoms with van der Waals surface area (Å²) < 4.78 is 61.1. The Morgan fingerprint density at radius 2 is 1.54 bits per heavy atom. The molecule has 1 fully saturated rings. The average Bonchev–Trinajstić information content (AvgIpc) is 3.81. The molecule has 1 aliphatic heterocycles. The maximum absolute atomic E-state index is 12.6. The Balaban J connectivity index is 0.0000159. The number of quaternary nitrogens is 3. The van der Waals surface area contributed by atoms with Gasteiger partial charge in [-0.3, -0.25) is 32.6 Å². The number of anilines is 1. The van der Waals surface area contributed by atoms with Crippen LogP contribution in [0.3, 0.4) is 0 Å². The molecule has 0 spiro atoms. The number of aliphatic hydroxyl groups excluding tert-OH is 2. The zero-order chi connectivity index (χ0) is 49.7. The molecule has 31 heteroatoms. The van der Waals surface area contributed by atoms with Gasteiger partial charge in [-0.05, 0) is 38.5 Å². The molecule has 0 radical (unpaired) electrons. The number of phosphoric ester groups is 3. The van der Waals surface area contributed by atoms with Crippen LogP contribution >= 0.6 is 35.2 Å². The van der Waals surface area contributed by atoms with Crippen LogP contribution in [0, 0.1) is 5.41 Å². The minimum absolute atomic E-state index is 0. The number of nitrogens with one attached hydrogen (secondary N) is 2. The van der Waals surface area contributed by atoms with Crippen molar-refractivity contribution in [2.75, 3.05) is 37.8 Å². The second-order valence-corrected chi connectivity index (χ2v) is 21.5. The maximum atomic E-state index is 12.6. The molecule has 3 rings (SSSR count). The van der Waals surface area contributed by atoms with E-state index >= 15 is 0 Å². The summed E-state index contributed by atoms with van der Waals surface area (Å²) in [7, 11) is -17.3. The second kappa shape index (κ2) is 32.9. The fourth-order valence-corrected chi connectivity index (χ4v) is 9.90. The van der Waals surface area contributed by atoms with Crippen molar-refractivity contribution in [3.05, 3.63) is 37.0 Å². The zero-order valence-electron chi connectivity index (χ0n) is 40.8. The number of nitrogen functional groups attached to an aromatic ring is 1. The van der Waals surface area contributed by atoms with Gasteiger partial charge in [-0.1, -0.05) is 88.9 Å². The van der Waals surface area contributed by atoms with Crippen LogP contribution in [-0.2, 0) is 50.7 Å². The van der Waals surface area contributed by atoms with Gasteiger partial charge in [-0.25, -0.2) is 19.3 Å². The van der Waals surface area contributed by atoms with Crippen molar-refractivity contribution >= 4 is 69.1 Å². The molecule has 8 atom stereocenters. The van der Waals surface area contributed by atoms with Crippen molar-refractivity contribution in [1.82, 2.24) is 48.6 Å². The number of amides is 2. The van der Waals surface area contributed by atoms with Gasteiger partial charge >= 0.3 is 0 Å². The number of imidazole rings is 1. The molecule has 2 aromatic rings. The molecule has 2 aromatic heterocycles. The topological polar surface area (TPSA) is 482 Å². The minimum atomic E-state index is -5.90. The Bertz CT molecular complexity index is 2100. The summed E-state index contributed by atoms with van der Waals surface area (Å²) in [6.45, 7) is 2.41. The van der Waals surface area contributed by atoms with Crippen LogP contribution in [0.1, 0.15) is 110 Å². The SMILES string of the molecule is CCCCC/C=C\C/C=C\CCCCCCCC(=O)SCCNC(=O)CCNC(=O)[C@H](O)C(C)(C)COP(=O)([O-])OP(=O)([O-])OC[C@H]1O[C@@H](n2cnc3c(N)ncnc32)[C@H](O)[C@@H]1OP(=O)([O-])O.[NH4+].[NH4+].[NH4+]. The summed E-state index contributed by atoms with van der Waals surface area (Å²) in [5.74, 6) is -1.13. The van der Waals surface area contributed by atoms with Crippen molar-refractivity contribution in [2.24, 2.45) is 5.41 Å². The van der Waals surface area contributed by atoms with Crippen molar-refractivity contribution in [1.29, 1.82) is 0 Å². The summed E-state index contributed by atoms with van der Waals surface area (Å²) in [6.07, 6.45) is 14.0. The van der Waals surface area contributed by atoms with Crippen molar-refractivity contribution < 1.29 is 80.5 Å². The lowest BCUT2D eigenvalue weighted by Gasteiger charge is -2.35. The number of phosphoric acid groups is 3. The molecule has 0 bridgehead atoms. The Morgan fingerprint density at radius 1 is 0.914 bits per heavy atom. The van der Waals surface area contributed by atoms with E-state index in [2.05, 4.69) is 74.7 Å². The lowest BCUT2D eigenvalue weighted by molar-refractivity contribution is -0.247. The number of thioether (sulfide) groups is 1. The molecule has 70 heavy (non-hydrogen) atoms. The number of nitrogens with zero attached hydrogens (tertiary/aromatic N) is 4. The quantitative estimate of drug-likeness (QED) is 0.0279. The standard InChI is InChI=1S/C39H66N7O17P3S.3H3N/c1-4-5-6-7-8-9-10-11-12-13-14-15-16-17-18-19-30(48)67-23-22-41-29(47)20-21-42-37(51)34(50)39(2,3)25-60-66(57,58)63-65(55,56)59-24-28-33(62-64(52,53)54)32(49)38(61-28)46-27-45-31-35(40)43-26-44-36(31)46;;;/h8-9,11-12,26-28,32-34,38,49-50H,4-7,10,13-25H2,1-3H3,(H,41,47)(H,42,51)(H,55,56)(H,57,58)(H2,40,43,44)(H2,52,53,54);3*1H3/b9-8-,12-11-;;;/t28-,32-,33-,34+,38-;;;/m1.../s1. The largest absolute Gasteiger partial charge is 0.756 e. The van der Waals surface area contributed by atoms with E-state index in [-0.39, 0.29) is 60.1 Å². The van der Waals surface area contributed by atoms with E-state index in [0.717, 1.165) is 80.4 Å². The zero-order valence-corrected chi connectivity index (χ0v) is 44.3. The first kappa shape index (κ1) is 66.9. The fraction of sp³-hybridized carbons (Fsp3) is 0.692. The van der Waals surface area contributed by atoms with Crippen molar-refractivity contribution in [3.63, 3.8) is 0 Å². The summed E-state index contributed by atoms with van der Waals surface area (Å²) >= 11 is 1.13. The third-order valence-electron chi connectivity index (χ3n) is 10.1. The first-order chi connectivity index (χ1) is 31.6. The van der Waals surface area contributed by atoms with E-state index in [1.54, 1.807) is 0 Å². The Morgan fingerprint density at radius 3 is 2.20 bits per heavy atom.